The fourth-order valence-corrected chi connectivity index (χ4v) is 3.04. The molecule has 6 nitrogen and oxygen atoms in total. The molecule has 0 spiro atoms. The molecule has 0 saturated carbocycles. The summed E-state index contributed by atoms with van der Waals surface area (Å²) in [6.45, 7) is 0.324. The van der Waals surface area contributed by atoms with Crippen molar-refractivity contribution in [2.45, 2.75) is 6.61 Å². The van der Waals surface area contributed by atoms with Crippen LogP contribution in [0.5, 0.6) is 11.5 Å². The smallest absolute Gasteiger partial charge is 0.248 e. The first-order valence-corrected chi connectivity index (χ1v) is 10.2. The Balaban J connectivity index is 1.65. The number of methoxy groups -OCH3 is 1. The highest BCUT2D eigenvalue weighted by Gasteiger charge is 2.06. The summed E-state index contributed by atoms with van der Waals surface area (Å²) in [4.78, 5) is 23.3. The minimum atomic E-state index is -0.516. The van der Waals surface area contributed by atoms with Crippen LogP contribution in [0.4, 0.5) is 5.69 Å². The van der Waals surface area contributed by atoms with Gasteiger partial charge in [-0.1, -0.05) is 22.0 Å². The molecule has 158 valence electrons. The number of ether oxygens (including phenoxy) is 2. The molecule has 0 radical (unpaired) electrons. The van der Waals surface area contributed by atoms with Crippen LogP contribution in [0.1, 0.15) is 21.5 Å². The molecule has 0 aromatic heterocycles. The summed E-state index contributed by atoms with van der Waals surface area (Å²) in [6.07, 6.45) is 3.14. The zero-order valence-corrected chi connectivity index (χ0v) is 18.4. The van der Waals surface area contributed by atoms with Crippen molar-refractivity contribution in [1.29, 1.82) is 0 Å². The van der Waals surface area contributed by atoms with Crippen LogP contribution >= 0.6 is 15.9 Å². The standard InChI is InChI=1S/C24H21BrN2O4/c1-30-22-12-2-16(14-18(22)15-31-21-10-6-19(25)7-11-21)3-13-23(28)27-20-8-4-17(5-9-20)24(26)29/h2-14H,15H2,1H3,(H2,26,29)(H,27,28)/b13-3+. The lowest BCUT2D eigenvalue weighted by atomic mass is 10.1. The van der Waals surface area contributed by atoms with E-state index in [1.54, 1.807) is 37.5 Å². The monoisotopic (exact) mass is 480 g/mol. The van der Waals surface area contributed by atoms with E-state index >= 15 is 0 Å². The second-order valence-electron chi connectivity index (χ2n) is 6.58. The Morgan fingerprint density at radius 3 is 2.39 bits per heavy atom. The third-order valence-electron chi connectivity index (χ3n) is 4.38. The van der Waals surface area contributed by atoms with E-state index in [0.717, 1.165) is 21.3 Å². The van der Waals surface area contributed by atoms with Gasteiger partial charge in [-0.25, -0.2) is 0 Å². The number of nitrogens with two attached hydrogens (primary N) is 1. The molecule has 3 rings (SSSR count). The van der Waals surface area contributed by atoms with Gasteiger partial charge in [-0.05, 0) is 72.3 Å². The lowest BCUT2D eigenvalue weighted by Gasteiger charge is -2.11. The summed E-state index contributed by atoms with van der Waals surface area (Å²) in [6, 6.07) is 19.5. The molecule has 3 aromatic carbocycles. The summed E-state index contributed by atoms with van der Waals surface area (Å²) in [5.41, 5.74) is 7.84. The Morgan fingerprint density at radius 1 is 1.03 bits per heavy atom. The van der Waals surface area contributed by atoms with Crippen molar-refractivity contribution in [2.75, 3.05) is 12.4 Å². The zero-order valence-electron chi connectivity index (χ0n) is 16.8. The van der Waals surface area contributed by atoms with E-state index in [1.165, 1.54) is 6.08 Å². The molecular weight excluding hydrogens is 460 g/mol. The van der Waals surface area contributed by atoms with Crippen LogP contribution in [0.3, 0.4) is 0 Å². The number of anilines is 1. The van der Waals surface area contributed by atoms with E-state index in [9.17, 15) is 9.59 Å². The van der Waals surface area contributed by atoms with Gasteiger partial charge in [-0.15, -0.1) is 0 Å². The van der Waals surface area contributed by atoms with Gasteiger partial charge in [0.25, 0.3) is 0 Å². The molecule has 0 bridgehead atoms. The topological polar surface area (TPSA) is 90.6 Å². The molecule has 0 aliphatic rings. The highest BCUT2D eigenvalue weighted by Crippen LogP contribution is 2.24. The van der Waals surface area contributed by atoms with Gasteiger partial charge in [0.05, 0.1) is 7.11 Å². The van der Waals surface area contributed by atoms with E-state index in [4.69, 9.17) is 15.2 Å². The number of carbonyl (C=O) groups is 2. The Kier molecular flexibility index (Phi) is 7.45. The average Bonchev–Trinajstić information content (AvgIpc) is 2.77. The number of nitrogens with one attached hydrogen (secondary N) is 1. The maximum absolute atomic E-state index is 12.2. The van der Waals surface area contributed by atoms with Crippen molar-refractivity contribution >= 4 is 39.5 Å². The third-order valence-corrected chi connectivity index (χ3v) is 4.91. The molecule has 31 heavy (non-hydrogen) atoms. The number of primary amides is 1. The molecule has 0 heterocycles. The van der Waals surface area contributed by atoms with Crippen molar-refractivity contribution in [3.8, 4) is 11.5 Å². The van der Waals surface area contributed by atoms with E-state index in [2.05, 4.69) is 21.2 Å². The van der Waals surface area contributed by atoms with Gasteiger partial charge in [0.1, 0.15) is 18.1 Å². The lowest BCUT2D eigenvalue weighted by molar-refractivity contribution is -0.111. The van der Waals surface area contributed by atoms with E-state index in [-0.39, 0.29) is 5.91 Å². The molecular formula is C24H21BrN2O4. The van der Waals surface area contributed by atoms with Crippen molar-refractivity contribution in [3.63, 3.8) is 0 Å². The van der Waals surface area contributed by atoms with Gasteiger partial charge in [0.15, 0.2) is 0 Å². The Hall–Kier alpha value is -3.58. The summed E-state index contributed by atoms with van der Waals surface area (Å²) in [5.74, 6) is 0.633. The first-order chi connectivity index (χ1) is 14.9. The second kappa shape index (κ2) is 10.4. The quantitative estimate of drug-likeness (QED) is 0.453. The fraction of sp³-hybridized carbons (Fsp3) is 0.0833. The lowest BCUT2D eigenvalue weighted by Crippen LogP contribution is -2.11. The summed E-state index contributed by atoms with van der Waals surface area (Å²) >= 11 is 3.40. The number of benzene rings is 3. The van der Waals surface area contributed by atoms with Crippen molar-refractivity contribution in [3.05, 3.63) is 94.0 Å². The normalized spacial score (nSPS) is 10.6. The number of rotatable bonds is 8. The van der Waals surface area contributed by atoms with E-state index in [0.29, 0.717) is 23.6 Å². The number of halogens is 1. The SMILES string of the molecule is COc1ccc(/C=C/C(=O)Nc2ccc(C(N)=O)cc2)cc1COc1ccc(Br)cc1. The van der Waals surface area contributed by atoms with Gasteiger partial charge in [0.2, 0.25) is 11.8 Å². The first-order valence-electron chi connectivity index (χ1n) is 9.39. The summed E-state index contributed by atoms with van der Waals surface area (Å²) < 4.78 is 12.2. The Bertz CT molecular complexity index is 1090. The maximum atomic E-state index is 12.2. The van der Waals surface area contributed by atoms with Crippen LogP contribution in [-0.2, 0) is 11.4 Å². The number of carbonyl (C=O) groups excluding carboxylic acids is 2. The molecule has 0 atom stereocenters. The molecule has 0 unspecified atom stereocenters. The molecule has 3 N–H and O–H groups in total. The van der Waals surface area contributed by atoms with Crippen LogP contribution in [0.25, 0.3) is 6.08 Å². The first kappa shape index (κ1) is 22.1. The molecule has 0 fully saturated rings. The van der Waals surface area contributed by atoms with E-state index in [1.807, 2.05) is 42.5 Å². The molecule has 3 aromatic rings. The van der Waals surface area contributed by atoms with Crippen LogP contribution in [0.15, 0.2) is 77.3 Å². The fourth-order valence-electron chi connectivity index (χ4n) is 2.78. The molecule has 0 aliphatic heterocycles. The molecule has 7 heteroatoms. The second-order valence-corrected chi connectivity index (χ2v) is 7.49. The van der Waals surface area contributed by atoms with Gasteiger partial charge < -0.3 is 20.5 Å². The molecule has 2 amide bonds. The highest BCUT2D eigenvalue weighted by molar-refractivity contribution is 9.10. The largest absolute Gasteiger partial charge is 0.496 e. The third kappa shape index (κ3) is 6.45. The van der Waals surface area contributed by atoms with Crippen molar-refractivity contribution < 1.29 is 19.1 Å². The van der Waals surface area contributed by atoms with Gasteiger partial charge in [0, 0.05) is 27.4 Å². The molecule has 0 aliphatic carbocycles. The zero-order chi connectivity index (χ0) is 22.2. The van der Waals surface area contributed by atoms with Gasteiger partial charge in [-0.2, -0.15) is 0 Å². The highest BCUT2D eigenvalue weighted by atomic mass is 79.9. The van der Waals surface area contributed by atoms with Gasteiger partial charge in [-0.3, -0.25) is 9.59 Å². The Morgan fingerprint density at radius 2 is 1.74 bits per heavy atom. The number of amides is 2. The van der Waals surface area contributed by atoms with Crippen LogP contribution in [0, 0.1) is 0 Å². The number of hydrogen-bond acceptors (Lipinski definition) is 4. The van der Waals surface area contributed by atoms with Crippen molar-refractivity contribution in [2.24, 2.45) is 5.73 Å². The predicted molar refractivity (Wildman–Crippen MR) is 124 cm³/mol. The van der Waals surface area contributed by atoms with Crippen LogP contribution in [-0.4, -0.2) is 18.9 Å². The average molecular weight is 481 g/mol. The Labute approximate surface area is 188 Å². The molecule has 0 saturated heterocycles. The summed E-state index contributed by atoms with van der Waals surface area (Å²) in [7, 11) is 1.60. The van der Waals surface area contributed by atoms with E-state index < -0.39 is 5.91 Å². The van der Waals surface area contributed by atoms with Crippen molar-refractivity contribution in [1.82, 2.24) is 0 Å². The van der Waals surface area contributed by atoms with Crippen LogP contribution < -0.4 is 20.5 Å². The predicted octanol–water partition coefficient (Wildman–Crippen LogP) is 4.79. The minimum Gasteiger partial charge on any atom is -0.496 e. The van der Waals surface area contributed by atoms with Crippen LogP contribution in [0.2, 0.25) is 0 Å². The number of hydrogen-bond donors (Lipinski definition) is 2. The maximum Gasteiger partial charge on any atom is 0.248 e. The van der Waals surface area contributed by atoms with Gasteiger partial charge >= 0.3 is 0 Å². The minimum absolute atomic E-state index is 0.296. The summed E-state index contributed by atoms with van der Waals surface area (Å²) in [5, 5.41) is 2.74.